The van der Waals surface area contributed by atoms with Gasteiger partial charge in [0.2, 0.25) is 0 Å². The van der Waals surface area contributed by atoms with E-state index in [2.05, 4.69) is 5.10 Å². The zero-order valence-corrected chi connectivity index (χ0v) is 12.5. The molecule has 0 saturated carbocycles. The number of anilines is 1. The van der Waals surface area contributed by atoms with Crippen LogP contribution in [0.5, 0.6) is 11.5 Å². The lowest BCUT2D eigenvalue weighted by atomic mass is 10.1. The Balaban J connectivity index is 2.34. The van der Waals surface area contributed by atoms with Gasteiger partial charge in [0.1, 0.15) is 23.9 Å². The average molecular weight is 309 g/mol. The third-order valence-electron chi connectivity index (χ3n) is 3.31. The van der Waals surface area contributed by atoms with E-state index in [0.717, 1.165) is 6.26 Å². The van der Waals surface area contributed by atoms with Crippen molar-refractivity contribution >= 4 is 15.7 Å². The van der Waals surface area contributed by atoms with Crippen molar-refractivity contribution in [3.8, 4) is 22.6 Å². The molecule has 8 heteroatoms. The van der Waals surface area contributed by atoms with E-state index in [1.54, 1.807) is 19.2 Å². The highest BCUT2D eigenvalue weighted by molar-refractivity contribution is 7.91. The van der Waals surface area contributed by atoms with E-state index >= 15 is 0 Å². The van der Waals surface area contributed by atoms with E-state index in [4.69, 9.17) is 15.2 Å². The molecule has 2 aromatic rings. The van der Waals surface area contributed by atoms with Crippen LogP contribution in [0.25, 0.3) is 11.1 Å². The number of aryl methyl sites for hydroxylation is 1. The molecule has 2 N–H and O–H groups in total. The molecular formula is C13H15N3O4S. The Morgan fingerprint density at radius 3 is 2.57 bits per heavy atom. The lowest BCUT2D eigenvalue weighted by Crippen LogP contribution is -2.18. The Kier molecular flexibility index (Phi) is 3.05. The first kappa shape index (κ1) is 13.7. The second-order valence-corrected chi connectivity index (χ2v) is 6.76. The molecule has 2 heterocycles. The second-order valence-electron chi connectivity index (χ2n) is 4.81. The summed E-state index contributed by atoms with van der Waals surface area (Å²) < 4.78 is 36.9. The van der Waals surface area contributed by atoms with E-state index in [1.807, 2.05) is 0 Å². The molecule has 0 amide bonds. The van der Waals surface area contributed by atoms with E-state index < -0.39 is 9.84 Å². The molecular weight excluding hydrogens is 294 g/mol. The fourth-order valence-corrected chi connectivity index (χ4v) is 3.40. The van der Waals surface area contributed by atoms with Gasteiger partial charge < -0.3 is 15.2 Å². The van der Waals surface area contributed by atoms with Crippen LogP contribution < -0.4 is 15.2 Å². The summed E-state index contributed by atoms with van der Waals surface area (Å²) in [6, 6.07) is 3.35. The quantitative estimate of drug-likeness (QED) is 0.883. The highest BCUT2D eigenvalue weighted by Crippen LogP contribution is 2.43. The highest BCUT2D eigenvalue weighted by Gasteiger charge is 2.28. The number of nitrogens with zero attached hydrogens (tertiary/aromatic N) is 2. The van der Waals surface area contributed by atoms with Gasteiger partial charge in [-0.2, -0.15) is 5.10 Å². The van der Waals surface area contributed by atoms with Crippen LogP contribution >= 0.6 is 0 Å². The Morgan fingerprint density at radius 2 is 1.95 bits per heavy atom. The lowest BCUT2D eigenvalue weighted by Gasteiger charge is -2.22. The summed E-state index contributed by atoms with van der Waals surface area (Å²) in [7, 11) is -1.84. The van der Waals surface area contributed by atoms with E-state index in [-0.39, 0.29) is 10.6 Å². The summed E-state index contributed by atoms with van der Waals surface area (Å²) in [5, 5.41) is 4.05. The molecule has 1 aliphatic rings. The molecule has 0 atom stereocenters. The summed E-state index contributed by atoms with van der Waals surface area (Å²) in [6.45, 7) is 0.700. The number of nitrogen functional groups attached to an aromatic ring is 1. The number of hydrogen-bond donors (Lipinski definition) is 1. The molecule has 21 heavy (non-hydrogen) atoms. The van der Waals surface area contributed by atoms with Gasteiger partial charge in [-0.15, -0.1) is 0 Å². The van der Waals surface area contributed by atoms with Crippen molar-refractivity contribution in [1.82, 2.24) is 9.78 Å². The zero-order valence-electron chi connectivity index (χ0n) is 11.7. The number of ether oxygens (including phenoxy) is 2. The molecule has 0 radical (unpaired) electrons. The first-order valence-corrected chi connectivity index (χ1v) is 8.19. The third kappa shape index (κ3) is 2.21. The van der Waals surface area contributed by atoms with Crippen molar-refractivity contribution in [2.75, 3.05) is 25.2 Å². The van der Waals surface area contributed by atoms with Gasteiger partial charge >= 0.3 is 0 Å². The number of hydrogen-bond acceptors (Lipinski definition) is 6. The van der Waals surface area contributed by atoms with Gasteiger partial charge in [0.05, 0.1) is 6.20 Å². The van der Waals surface area contributed by atoms with Crippen molar-refractivity contribution in [2.45, 2.75) is 4.90 Å². The van der Waals surface area contributed by atoms with Crippen molar-refractivity contribution in [1.29, 1.82) is 0 Å². The standard InChI is InChI=1S/C13H15N3O4S/c1-16-13(14)9(7-15-16)8-3-4-10-11(20-6-5-19-10)12(8)21(2,17)18/h3-4,7H,5-6,14H2,1-2H3. The van der Waals surface area contributed by atoms with Crippen LogP contribution in [-0.4, -0.2) is 37.7 Å². The fraction of sp³-hybridized carbons (Fsp3) is 0.308. The summed E-state index contributed by atoms with van der Waals surface area (Å²) in [5.74, 6) is 1.05. The molecule has 1 aromatic carbocycles. The molecule has 1 aromatic heterocycles. The molecule has 0 bridgehead atoms. The SMILES string of the molecule is Cn1ncc(-c2ccc3c(c2S(C)(=O)=O)OCCO3)c1N. The number of nitrogens with two attached hydrogens (primary N) is 1. The Labute approximate surface area is 122 Å². The van der Waals surface area contributed by atoms with Crippen molar-refractivity contribution < 1.29 is 17.9 Å². The summed E-state index contributed by atoms with van der Waals surface area (Å²) in [4.78, 5) is 0.0828. The zero-order chi connectivity index (χ0) is 15.2. The fourth-order valence-electron chi connectivity index (χ4n) is 2.33. The molecule has 112 valence electrons. The maximum absolute atomic E-state index is 12.2. The van der Waals surface area contributed by atoms with Gasteiger partial charge in [0.15, 0.2) is 21.3 Å². The minimum atomic E-state index is -3.53. The Hall–Kier alpha value is -2.22. The van der Waals surface area contributed by atoms with Crippen LogP contribution in [0.2, 0.25) is 0 Å². The molecule has 0 fully saturated rings. The van der Waals surface area contributed by atoms with Gasteiger partial charge in [-0.1, -0.05) is 0 Å². The minimum Gasteiger partial charge on any atom is -0.486 e. The maximum Gasteiger partial charge on any atom is 0.180 e. The first-order valence-electron chi connectivity index (χ1n) is 6.30. The third-order valence-corrected chi connectivity index (χ3v) is 4.46. The second kappa shape index (κ2) is 4.66. The smallest absolute Gasteiger partial charge is 0.180 e. The maximum atomic E-state index is 12.2. The Bertz CT molecular complexity index is 811. The molecule has 0 saturated heterocycles. The topological polar surface area (TPSA) is 96.4 Å². The predicted molar refractivity (Wildman–Crippen MR) is 77.2 cm³/mol. The molecule has 0 spiro atoms. The number of aromatic nitrogens is 2. The van der Waals surface area contributed by atoms with Gasteiger partial charge in [-0.25, -0.2) is 8.42 Å². The first-order chi connectivity index (χ1) is 9.89. The largest absolute Gasteiger partial charge is 0.486 e. The molecule has 3 rings (SSSR count). The minimum absolute atomic E-state index is 0.0828. The molecule has 0 unspecified atom stereocenters. The van der Waals surface area contributed by atoms with Gasteiger partial charge in [0.25, 0.3) is 0 Å². The Morgan fingerprint density at radius 1 is 1.24 bits per heavy atom. The van der Waals surface area contributed by atoms with Crippen LogP contribution in [0, 0.1) is 0 Å². The van der Waals surface area contributed by atoms with Gasteiger partial charge in [-0.05, 0) is 12.1 Å². The van der Waals surface area contributed by atoms with E-state index in [0.29, 0.717) is 35.9 Å². The van der Waals surface area contributed by atoms with E-state index in [9.17, 15) is 8.42 Å². The molecule has 0 aliphatic carbocycles. The predicted octanol–water partition coefficient (Wildman–Crippen LogP) is 0.844. The van der Waals surface area contributed by atoms with Gasteiger partial charge in [0, 0.05) is 24.4 Å². The van der Waals surface area contributed by atoms with E-state index in [1.165, 1.54) is 10.9 Å². The normalized spacial score (nSPS) is 14.2. The van der Waals surface area contributed by atoms with Crippen molar-refractivity contribution in [3.05, 3.63) is 18.3 Å². The van der Waals surface area contributed by atoms with Crippen LogP contribution in [0.3, 0.4) is 0 Å². The highest BCUT2D eigenvalue weighted by atomic mass is 32.2. The number of benzene rings is 1. The monoisotopic (exact) mass is 309 g/mol. The van der Waals surface area contributed by atoms with Crippen LogP contribution in [0.4, 0.5) is 5.82 Å². The van der Waals surface area contributed by atoms with Crippen molar-refractivity contribution in [2.24, 2.45) is 7.05 Å². The average Bonchev–Trinajstić information content (AvgIpc) is 2.76. The number of sulfone groups is 1. The van der Waals surface area contributed by atoms with Crippen LogP contribution in [0.1, 0.15) is 0 Å². The number of fused-ring (bicyclic) bond motifs is 1. The summed E-state index contributed by atoms with van der Waals surface area (Å²) in [5.41, 5.74) is 6.97. The summed E-state index contributed by atoms with van der Waals surface area (Å²) in [6.07, 6.45) is 2.67. The number of rotatable bonds is 2. The lowest BCUT2D eigenvalue weighted by molar-refractivity contribution is 0.167. The van der Waals surface area contributed by atoms with Crippen molar-refractivity contribution in [3.63, 3.8) is 0 Å². The molecule has 1 aliphatic heterocycles. The van der Waals surface area contributed by atoms with Crippen LogP contribution in [0.15, 0.2) is 23.2 Å². The van der Waals surface area contributed by atoms with Crippen LogP contribution in [-0.2, 0) is 16.9 Å². The summed E-state index contributed by atoms with van der Waals surface area (Å²) >= 11 is 0. The molecule has 7 nitrogen and oxygen atoms in total. The van der Waals surface area contributed by atoms with Gasteiger partial charge in [-0.3, -0.25) is 4.68 Å².